The first-order chi connectivity index (χ1) is 17.1. The van der Waals surface area contributed by atoms with Gasteiger partial charge < -0.3 is 29.4 Å². The molecule has 2 N–H and O–H groups in total. The number of H-pyrrole nitrogens is 1. The molecule has 2 aromatic heterocycles. The molecule has 4 rings (SSSR count). The number of esters is 1. The van der Waals surface area contributed by atoms with Gasteiger partial charge in [0.2, 0.25) is 5.95 Å². The van der Waals surface area contributed by atoms with Gasteiger partial charge in [0.1, 0.15) is 16.9 Å². The second-order valence-corrected chi connectivity index (χ2v) is 9.31. The van der Waals surface area contributed by atoms with Crippen LogP contribution in [0.25, 0.3) is 16.9 Å². The lowest BCUT2D eigenvalue weighted by Gasteiger charge is -2.24. The summed E-state index contributed by atoms with van der Waals surface area (Å²) < 4.78 is 17.4. The molecule has 0 spiro atoms. The van der Waals surface area contributed by atoms with E-state index in [1.165, 1.54) is 11.7 Å². The maximum absolute atomic E-state index is 13.0. The summed E-state index contributed by atoms with van der Waals surface area (Å²) in [5, 5.41) is 3.19. The molecule has 0 unspecified atom stereocenters. The molecule has 12 nitrogen and oxygen atoms in total. The summed E-state index contributed by atoms with van der Waals surface area (Å²) in [5.74, 6) is -0.109. The molecule has 1 amide bonds. The van der Waals surface area contributed by atoms with Gasteiger partial charge in [0.25, 0.3) is 0 Å². The van der Waals surface area contributed by atoms with Gasteiger partial charge in [-0.3, -0.25) is 0 Å². The number of methoxy groups -OCH3 is 1. The fourth-order valence-corrected chi connectivity index (χ4v) is 3.99. The van der Waals surface area contributed by atoms with Crippen molar-refractivity contribution in [2.75, 3.05) is 32.1 Å². The number of imidazole rings is 1. The topological polar surface area (TPSA) is 141 Å². The van der Waals surface area contributed by atoms with Crippen LogP contribution >= 0.6 is 0 Å². The number of hydrogen-bond acceptors (Lipinski definition) is 9. The molecule has 3 heterocycles. The maximum atomic E-state index is 13.0. The minimum Gasteiger partial charge on any atom is -0.495 e. The van der Waals surface area contributed by atoms with E-state index in [0.717, 1.165) is 0 Å². The van der Waals surface area contributed by atoms with Crippen LogP contribution in [0.1, 0.15) is 44.6 Å². The number of nitrogens with one attached hydrogen (secondary N) is 2. The minimum atomic E-state index is -0.691. The largest absolute Gasteiger partial charge is 0.495 e. The third kappa shape index (κ3) is 5.11. The lowest BCUT2D eigenvalue weighted by Crippen LogP contribution is -2.36. The molecule has 1 aromatic carbocycles. The number of rotatable bonds is 6. The number of anilines is 1. The highest BCUT2D eigenvalue weighted by atomic mass is 16.6. The van der Waals surface area contributed by atoms with E-state index in [0.29, 0.717) is 30.9 Å². The standard InChI is InChI=1S/C24H30N6O6/c1-6-35-20(31)18-17-19(30(22(32)27-17)15-9-7-8-10-16(15)34-5)28-21(26-18)25-14-11-12-29(13-14)23(33)36-24(2,3)4/h7-10,14H,6,11-13H2,1-5H3,(H,27,32)(H,25,26,28)/t14-/m1/s1. The number of fused-ring (bicyclic) bond motifs is 1. The van der Waals surface area contributed by atoms with E-state index in [1.54, 1.807) is 36.1 Å². The zero-order valence-electron chi connectivity index (χ0n) is 21.0. The van der Waals surface area contributed by atoms with Gasteiger partial charge in [-0.15, -0.1) is 0 Å². The van der Waals surface area contributed by atoms with Crippen molar-refractivity contribution >= 4 is 29.2 Å². The molecule has 0 aliphatic carbocycles. The monoisotopic (exact) mass is 498 g/mol. The fourth-order valence-electron chi connectivity index (χ4n) is 3.99. The molecule has 0 radical (unpaired) electrons. The number of para-hydroxylation sites is 2. The van der Waals surface area contributed by atoms with Crippen LogP contribution in [0.15, 0.2) is 29.1 Å². The number of carbonyl (C=O) groups is 2. The van der Waals surface area contributed by atoms with Crippen LogP contribution in [-0.2, 0) is 9.47 Å². The van der Waals surface area contributed by atoms with Gasteiger partial charge >= 0.3 is 17.8 Å². The molecule has 12 heteroatoms. The van der Waals surface area contributed by atoms with Crippen molar-refractivity contribution in [3.63, 3.8) is 0 Å². The molecule has 192 valence electrons. The SMILES string of the molecule is CCOC(=O)c1nc(N[C@@H]2CCN(C(=O)OC(C)(C)C)C2)nc2c1[nH]c(=O)n2-c1ccccc1OC. The number of aromatic amines is 1. The van der Waals surface area contributed by atoms with E-state index >= 15 is 0 Å². The Labute approximate surface area is 207 Å². The van der Waals surface area contributed by atoms with Gasteiger partial charge in [0.05, 0.1) is 19.4 Å². The summed E-state index contributed by atoms with van der Waals surface area (Å²) in [6, 6.07) is 6.79. The van der Waals surface area contributed by atoms with Crippen LogP contribution in [0.4, 0.5) is 10.7 Å². The first-order valence-corrected chi connectivity index (χ1v) is 11.7. The normalized spacial score (nSPS) is 15.7. The summed E-state index contributed by atoms with van der Waals surface area (Å²) in [7, 11) is 1.50. The molecule has 0 bridgehead atoms. The van der Waals surface area contributed by atoms with Crippen LogP contribution in [0.3, 0.4) is 0 Å². The van der Waals surface area contributed by atoms with Gasteiger partial charge in [-0.05, 0) is 46.2 Å². The molecule has 3 aromatic rings. The predicted molar refractivity (Wildman–Crippen MR) is 132 cm³/mol. The quantitative estimate of drug-likeness (QED) is 0.491. The first kappa shape index (κ1) is 25.0. The summed E-state index contributed by atoms with van der Waals surface area (Å²) in [5.41, 5.74) is -0.390. The van der Waals surface area contributed by atoms with Crippen molar-refractivity contribution < 1.29 is 23.8 Å². The second-order valence-electron chi connectivity index (χ2n) is 9.31. The van der Waals surface area contributed by atoms with Crippen molar-refractivity contribution in [2.24, 2.45) is 0 Å². The Morgan fingerprint density at radius 3 is 2.67 bits per heavy atom. The molecule has 1 aliphatic heterocycles. The van der Waals surface area contributed by atoms with E-state index < -0.39 is 23.4 Å². The van der Waals surface area contributed by atoms with Crippen LogP contribution in [0.2, 0.25) is 0 Å². The third-order valence-electron chi connectivity index (χ3n) is 5.50. The van der Waals surface area contributed by atoms with Crippen LogP contribution in [0.5, 0.6) is 5.75 Å². The molecule has 1 saturated heterocycles. The molecule has 1 atom stereocenters. The lowest BCUT2D eigenvalue weighted by molar-refractivity contribution is 0.0293. The number of nitrogens with zero attached hydrogens (tertiary/aromatic N) is 4. The predicted octanol–water partition coefficient (Wildman–Crippen LogP) is 2.72. The Morgan fingerprint density at radius 2 is 1.97 bits per heavy atom. The highest BCUT2D eigenvalue weighted by molar-refractivity contribution is 5.99. The lowest BCUT2D eigenvalue weighted by atomic mass is 10.2. The zero-order chi connectivity index (χ0) is 26.0. The number of amides is 1. The Hall–Kier alpha value is -4.09. The zero-order valence-corrected chi connectivity index (χ0v) is 21.0. The molecule has 1 fully saturated rings. The van der Waals surface area contributed by atoms with Gasteiger partial charge in [0, 0.05) is 19.1 Å². The van der Waals surface area contributed by atoms with Crippen LogP contribution in [0, 0.1) is 0 Å². The van der Waals surface area contributed by atoms with E-state index in [4.69, 9.17) is 14.2 Å². The summed E-state index contributed by atoms with van der Waals surface area (Å²) >= 11 is 0. The number of benzene rings is 1. The van der Waals surface area contributed by atoms with Crippen LogP contribution < -0.4 is 15.7 Å². The highest BCUT2D eigenvalue weighted by Gasteiger charge is 2.31. The average Bonchev–Trinajstić information content (AvgIpc) is 3.41. The van der Waals surface area contributed by atoms with Crippen molar-refractivity contribution in [1.82, 2.24) is 24.4 Å². The number of ether oxygens (including phenoxy) is 3. The van der Waals surface area contributed by atoms with Crippen LogP contribution in [-0.4, -0.2) is 74.9 Å². The second kappa shape index (κ2) is 9.88. The van der Waals surface area contributed by atoms with Gasteiger partial charge in [-0.25, -0.2) is 23.9 Å². The highest BCUT2D eigenvalue weighted by Crippen LogP contribution is 2.26. The Bertz CT molecular complexity index is 1340. The van der Waals surface area contributed by atoms with Crippen molar-refractivity contribution in [3.8, 4) is 11.4 Å². The molecule has 36 heavy (non-hydrogen) atoms. The summed E-state index contributed by atoms with van der Waals surface area (Å²) in [4.78, 5) is 51.4. The Morgan fingerprint density at radius 1 is 1.22 bits per heavy atom. The number of likely N-dealkylation sites (tertiary alicyclic amines) is 1. The fraction of sp³-hybridized carbons (Fsp3) is 0.458. The molecular formula is C24H30N6O6. The Kier molecular flexibility index (Phi) is 6.86. The van der Waals surface area contributed by atoms with E-state index in [-0.39, 0.29) is 35.5 Å². The molecule has 0 saturated carbocycles. The van der Waals surface area contributed by atoms with Gasteiger partial charge in [-0.1, -0.05) is 12.1 Å². The first-order valence-electron chi connectivity index (χ1n) is 11.7. The van der Waals surface area contributed by atoms with E-state index in [1.807, 2.05) is 20.8 Å². The Balaban J connectivity index is 1.72. The smallest absolute Gasteiger partial charge is 0.410 e. The van der Waals surface area contributed by atoms with E-state index in [9.17, 15) is 14.4 Å². The molecular weight excluding hydrogens is 468 g/mol. The van der Waals surface area contributed by atoms with Crippen molar-refractivity contribution in [1.29, 1.82) is 0 Å². The number of hydrogen-bond donors (Lipinski definition) is 2. The van der Waals surface area contributed by atoms with Gasteiger partial charge in [0.15, 0.2) is 11.3 Å². The van der Waals surface area contributed by atoms with Crippen molar-refractivity contribution in [2.45, 2.75) is 45.8 Å². The number of aromatic nitrogens is 4. The van der Waals surface area contributed by atoms with E-state index in [2.05, 4.69) is 20.3 Å². The third-order valence-corrected chi connectivity index (χ3v) is 5.50. The number of carbonyl (C=O) groups excluding carboxylic acids is 2. The average molecular weight is 499 g/mol. The maximum Gasteiger partial charge on any atom is 0.410 e. The molecule has 1 aliphatic rings. The van der Waals surface area contributed by atoms with Gasteiger partial charge in [-0.2, -0.15) is 4.98 Å². The minimum absolute atomic E-state index is 0.0721. The van der Waals surface area contributed by atoms with Crippen molar-refractivity contribution in [3.05, 3.63) is 40.4 Å². The summed E-state index contributed by atoms with van der Waals surface area (Å²) in [6.45, 7) is 8.13. The summed E-state index contributed by atoms with van der Waals surface area (Å²) in [6.07, 6.45) is 0.230.